The quantitative estimate of drug-likeness (QED) is 0.0368. The van der Waals surface area contributed by atoms with Crippen molar-refractivity contribution in [2.45, 2.75) is 58.0 Å². The van der Waals surface area contributed by atoms with Gasteiger partial charge in [-0.3, -0.25) is 9.80 Å². The van der Waals surface area contributed by atoms with Gasteiger partial charge in [-0.05, 0) is 106 Å². The third-order valence-electron chi connectivity index (χ3n) is 12.6. The lowest BCUT2D eigenvalue weighted by Crippen LogP contribution is -2.30. The van der Waals surface area contributed by atoms with E-state index in [1.165, 1.54) is 12.7 Å². The normalized spacial score (nSPS) is 11.9. The number of nitrogens with zero attached hydrogens (tertiary/aromatic N) is 2. The minimum absolute atomic E-state index is 0.167. The first-order chi connectivity index (χ1) is 36.1. The maximum absolute atomic E-state index is 12.6. The number of aliphatic hydroxyl groups excluding tert-OH is 3. The van der Waals surface area contributed by atoms with Crippen molar-refractivity contribution in [3.05, 3.63) is 262 Å². The summed E-state index contributed by atoms with van der Waals surface area (Å²) in [4.78, 5) is 17.0. The van der Waals surface area contributed by atoms with Crippen LogP contribution in [0, 0.1) is 0 Å². The molecule has 0 aliphatic rings. The number of phenolic OH excluding ortho intramolecular Hbond substituents is 2. The van der Waals surface area contributed by atoms with Crippen molar-refractivity contribution in [2.24, 2.45) is 0 Å². The molecule has 11 nitrogen and oxygen atoms in total. The zero-order valence-electron chi connectivity index (χ0n) is 41.8. The van der Waals surface area contributed by atoms with E-state index in [1.54, 1.807) is 42.5 Å². The number of phenols is 2. The molecule has 382 valence electrons. The van der Waals surface area contributed by atoms with Crippen LogP contribution in [0.15, 0.2) is 206 Å². The number of aliphatic hydroxyl groups is 3. The Bertz CT molecular complexity index is 2890. The number of hydrogen-bond acceptors (Lipinski definition) is 11. The molecule has 0 radical (unpaired) electrons. The van der Waals surface area contributed by atoms with Gasteiger partial charge in [0.25, 0.3) is 0 Å². The van der Waals surface area contributed by atoms with E-state index in [1.807, 2.05) is 140 Å². The van der Waals surface area contributed by atoms with Crippen molar-refractivity contribution < 1.29 is 44.5 Å². The molecule has 0 heterocycles. The molecule has 5 N–H and O–H groups in total. The monoisotopic (exact) mass is 994 g/mol. The first kappa shape index (κ1) is 54.0. The van der Waals surface area contributed by atoms with E-state index in [0.29, 0.717) is 68.6 Å². The summed E-state index contributed by atoms with van der Waals surface area (Å²) >= 11 is 0. The number of benzene rings is 8. The molecule has 0 bridgehead atoms. The van der Waals surface area contributed by atoms with Crippen molar-refractivity contribution >= 4 is 5.97 Å². The molecule has 8 aromatic carbocycles. The van der Waals surface area contributed by atoms with E-state index in [9.17, 15) is 30.3 Å². The van der Waals surface area contributed by atoms with E-state index in [2.05, 4.69) is 34.1 Å². The Morgan fingerprint density at radius 3 is 1.28 bits per heavy atom. The number of esters is 1. The Hall–Kier alpha value is -7.77. The molecule has 8 aromatic rings. The molecular weight excluding hydrogens is 929 g/mol. The number of aromatic hydroxyl groups is 2. The zero-order chi connectivity index (χ0) is 51.9. The van der Waals surface area contributed by atoms with Gasteiger partial charge in [0.05, 0.1) is 25.9 Å². The Balaban J connectivity index is 0.000000217. The van der Waals surface area contributed by atoms with Gasteiger partial charge in [0.15, 0.2) is 0 Å². The molecule has 2 unspecified atom stereocenters. The van der Waals surface area contributed by atoms with E-state index < -0.39 is 18.2 Å². The van der Waals surface area contributed by atoms with Crippen LogP contribution in [-0.2, 0) is 50.5 Å². The first-order valence-corrected chi connectivity index (χ1v) is 24.9. The van der Waals surface area contributed by atoms with Gasteiger partial charge in [0, 0.05) is 44.8 Å². The largest absolute Gasteiger partial charge is 0.508 e. The summed E-state index contributed by atoms with van der Waals surface area (Å²) in [5, 5.41) is 51.4. The van der Waals surface area contributed by atoms with Gasteiger partial charge in [0.2, 0.25) is 0 Å². The second kappa shape index (κ2) is 28.5. The Morgan fingerprint density at radius 2 is 0.865 bits per heavy atom. The van der Waals surface area contributed by atoms with Crippen molar-refractivity contribution in [1.82, 2.24) is 9.80 Å². The third-order valence-corrected chi connectivity index (χ3v) is 12.6. The molecule has 0 fully saturated rings. The summed E-state index contributed by atoms with van der Waals surface area (Å²) in [6.07, 6.45) is 0.0140. The van der Waals surface area contributed by atoms with Crippen LogP contribution in [-0.4, -0.2) is 74.6 Å². The Morgan fingerprint density at radius 1 is 0.473 bits per heavy atom. The number of carbonyl (C=O) groups is 1. The molecule has 0 saturated carbocycles. The molecule has 2 atom stereocenters. The molecule has 0 aromatic heterocycles. The first-order valence-electron chi connectivity index (χ1n) is 24.9. The highest BCUT2D eigenvalue weighted by Crippen LogP contribution is 2.28. The van der Waals surface area contributed by atoms with Gasteiger partial charge in [-0.1, -0.05) is 158 Å². The number of ether oxygens (including phenoxy) is 3. The van der Waals surface area contributed by atoms with Crippen LogP contribution in [0.5, 0.6) is 23.0 Å². The molecule has 74 heavy (non-hydrogen) atoms. The van der Waals surface area contributed by atoms with Gasteiger partial charge in [0.1, 0.15) is 41.8 Å². The lowest BCUT2D eigenvalue weighted by atomic mass is 10.0. The third kappa shape index (κ3) is 17.2. The van der Waals surface area contributed by atoms with E-state index in [4.69, 9.17) is 14.2 Å². The van der Waals surface area contributed by atoms with Crippen LogP contribution in [0.1, 0.15) is 72.6 Å². The second-order valence-electron chi connectivity index (χ2n) is 18.1. The Labute approximate surface area is 434 Å². The van der Waals surface area contributed by atoms with Crippen LogP contribution in [0.4, 0.5) is 0 Å². The lowest BCUT2D eigenvalue weighted by molar-refractivity contribution is 0.0594. The van der Waals surface area contributed by atoms with Gasteiger partial charge in [-0.15, -0.1) is 0 Å². The molecule has 0 spiro atoms. The maximum atomic E-state index is 12.6. The molecule has 11 heteroatoms. The summed E-state index contributed by atoms with van der Waals surface area (Å²) in [7, 11) is 1.33. The highest BCUT2D eigenvalue weighted by atomic mass is 16.5. The minimum Gasteiger partial charge on any atom is -0.508 e. The fraction of sp³-hybridized carbons (Fsp3) is 0.222. The van der Waals surface area contributed by atoms with Crippen LogP contribution >= 0.6 is 0 Å². The zero-order valence-corrected chi connectivity index (χ0v) is 41.8. The molecule has 8 rings (SSSR count). The van der Waals surface area contributed by atoms with Gasteiger partial charge in [-0.25, -0.2) is 4.79 Å². The SMILES string of the molecule is COC(=O)c1cc(C(O)CN(CCc2ccc(O)cc2)Cc2ccccc2)ccc1OCc1ccccc1.OCc1cc(C(O)CN(CCc2ccc(O)cc2)Cc2ccccc2)ccc1OCc1ccccc1. The fourth-order valence-electron chi connectivity index (χ4n) is 8.44. The number of rotatable bonds is 24. The van der Waals surface area contributed by atoms with E-state index in [-0.39, 0.29) is 23.7 Å². The molecule has 0 amide bonds. The number of carbonyl (C=O) groups excluding carboxylic acids is 1. The van der Waals surface area contributed by atoms with Gasteiger partial charge >= 0.3 is 5.97 Å². The molecule has 0 aliphatic carbocycles. The standard InChI is InChI=1S/C32H33NO5.C31H33NO4/c1-37-32(36)29-20-27(14-17-31(29)38-23-26-10-6-3-7-11-26)30(35)22-33(21-25-8-4-2-5-9-25)19-18-24-12-15-28(34)16-13-24;33-22-28-19-27(13-16-31(28)36-23-26-9-5-2-6-10-26)30(35)21-32(20-25-7-3-1-4-8-25)18-17-24-11-14-29(34)15-12-24/h2-17,20,30,34-35H,18-19,21-23H2,1H3;1-16,19,30,33-35H,17-18,20-23H2. The smallest absolute Gasteiger partial charge is 0.341 e. The van der Waals surface area contributed by atoms with Crippen LogP contribution in [0.3, 0.4) is 0 Å². The van der Waals surface area contributed by atoms with E-state index >= 15 is 0 Å². The summed E-state index contributed by atoms with van der Waals surface area (Å²) in [5.41, 5.74) is 8.87. The Kier molecular flexibility index (Phi) is 20.8. The van der Waals surface area contributed by atoms with E-state index in [0.717, 1.165) is 52.8 Å². The van der Waals surface area contributed by atoms with Gasteiger partial charge < -0.3 is 39.7 Å². The van der Waals surface area contributed by atoms with Crippen molar-refractivity contribution in [3.63, 3.8) is 0 Å². The highest BCUT2D eigenvalue weighted by Gasteiger charge is 2.21. The van der Waals surface area contributed by atoms with Crippen molar-refractivity contribution in [3.8, 4) is 23.0 Å². The van der Waals surface area contributed by atoms with Crippen LogP contribution in [0.25, 0.3) is 0 Å². The lowest BCUT2D eigenvalue weighted by Gasteiger charge is -2.26. The average molecular weight is 995 g/mol. The predicted molar refractivity (Wildman–Crippen MR) is 289 cm³/mol. The summed E-state index contributed by atoms with van der Waals surface area (Å²) in [6.45, 7) is 4.21. The van der Waals surface area contributed by atoms with Crippen molar-refractivity contribution in [2.75, 3.05) is 33.3 Å². The second-order valence-corrected chi connectivity index (χ2v) is 18.1. The van der Waals surface area contributed by atoms with Crippen LogP contribution in [0.2, 0.25) is 0 Å². The van der Waals surface area contributed by atoms with Crippen LogP contribution < -0.4 is 9.47 Å². The number of methoxy groups -OCH3 is 1. The topological polar surface area (TPSA) is 152 Å². The summed E-state index contributed by atoms with van der Waals surface area (Å²) in [6, 6.07) is 65.0. The fourth-order valence-corrected chi connectivity index (χ4v) is 8.44. The average Bonchev–Trinajstić information content (AvgIpc) is 3.44. The van der Waals surface area contributed by atoms with Crippen molar-refractivity contribution in [1.29, 1.82) is 0 Å². The predicted octanol–water partition coefficient (Wildman–Crippen LogP) is 10.8. The molecule has 0 saturated heterocycles. The minimum atomic E-state index is -0.829. The van der Waals surface area contributed by atoms with Gasteiger partial charge in [-0.2, -0.15) is 0 Å². The molecule has 0 aliphatic heterocycles. The summed E-state index contributed by atoms with van der Waals surface area (Å²) < 4.78 is 16.9. The maximum Gasteiger partial charge on any atom is 0.341 e. The number of hydrogen-bond donors (Lipinski definition) is 5. The highest BCUT2D eigenvalue weighted by molar-refractivity contribution is 5.92. The molecular formula is C63H66N2O9. The summed E-state index contributed by atoms with van der Waals surface area (Å²) in [5.74, 6) is 1.00.